The maximum atomic E-state index is 11.9. The number of anilines is 1. The zero-order valence-electron chi connectivity index (χ0n) is 13.4. The van der Waals surface area contributed by atoms with Gasteiger partial charge in [-0.3, -0.25) is 9.78 Å². The van der Waals surface area contributed by atoms with E-state index in [0.29, 0.717) is 18.9 Å². The van der Waals surface area contributed by atoms with E-state index in [0.717, 1.165) is 29.2 Å². The zero-order valence-corrected chi connectivity index (χ0v) is 13.4. The SMILES string of the molecule is CN(C)c1nc(-c2ccccn2)nc2c1CCN(C(=O)CN)C2. The second kappa shape index (κ2) is 6.29. The van der Waals surface area contributed by atoms with Crippen LogP contribution in [0.3, 0.4) is 0 Å². The predicted octanol–water partition coefficient (Wildman–Crippen LogP) is 0.448. The van der Waals surface area contributed by atoms with Crippen LogP contribution in [0.1, 0.15) is 11.3 Å². The van der Waals surface area contributed by atoms with Crippen LogP contribution in [0.2, 0.25) is 0 Å². The second-order valence-corrected chi connectivity index (χ2v) is 5.67. The highest BCUT2D eigenvalue weighted by Gasteiger charge is 2.25. The van der Waals surface area contributed by atoms with Crippen molar-refractivity contribution in [2.45, 2.75) is 13.0 Å². The van der Waals surface area contributed by atoms with Gasteiger partial charge in [-0.1, -0.05) is 6.07 Å². The number of rotatable bonds is 3. The van der Waals surface area contributed by atoms with E-state index in [9.17, 15) is 4.79 Å². The first-order valence-corrected chi connectivity index (χ1v) is 7.56. The molecule has 0 bridgehead atoms. The van der Waals surface area contributed by atoms with Crippen molar-refractivity contribution >= 4 is 11.7 Å². The molecule has 3 rings (SSSR count). The van der Waals surface area contributed by atoms with Crippen molar-refractivity contribution in [3.63, 3.8) is 0 Å². The van der Waals surface area contributed by atoms with Crippen molar-refractivity contribution < 1.29 is 4.79 Å². The lowest BCUT2D eigenvalue weighted by Gasteiger charge is -2.30. The van der Waals surface area contributed by atoms with Gasteiger partial charge in [-0.25, -0.2) is 9.97 Å². The van der Waals surface area contributed by atoms with Gasteiger partial charge in [0.1, 0.15) is 11.5 Å². The fourth-order valence-corrected chi connectivity index (χ4v) is 2.73. The molecule has 1 aliphatic heterocycles. The van der Waals surface area contributed by atoms with Gasteiger partial charge in [0.25, 0.3) is 0 Å². The topological polar surface area (TPSA) is 88.2 Å². The van der Waals surface area contributed by atoms with Gasteiger partial charge in [-0.05, 0) is 18.6 Å². The molecule has 1 aliphatic rings. The van der Waals surface area contributed by atoms with Gasteiger partial charge in [-0.2, -0.15) is 0 Å². The lowest BCUT2D eigenvalue weighted by molar-refractivity contribution is -0.130. The third kappa shape index (κ3) is 3.00. The molecule has 0 unspecified atom stereocenters. The van der Waals surface area contributed by atoms with Crippen molar-refractivity contribution in [1.29, 1.82) is 0 Å². The fraction of sp³-hybridized carbons (Fsp3) is 0.375. The quantitative estimate of drug-likeness (QED) is 0.885. The predicted molar refractivity (Wildman–Crippen MR) is 87.8 cm³/mol. The summed E-state index contributed by atoms with van der Waals surface area (Å²) in [5, 5.41) is 0. The Hall–Kier alpha value is -2.54. The van der Waals surface area contributed by atoms with E-state index in [-0.39, 0.29) is 12.5 Å². The minimum Gasteiger partial charge on any atom is -0.362 e. The molecule has 0 radical (unpaired) electrons. The highest BCUT2D eigenvalue weighted by molar-refractivity contribution is 5.78. The molecule has 1 amide bonds. The first kappa shape index (κ1) is 15.4. The van der Waals surface area contributed by atoms with Crippen LogP contribution in [0, 0.1) is 0 Å². The van der Waals surface area contributed by atoms with E-state index in [2.05, 4.69) is 15.0 Å². The summed E-state index contributed by atoms with van der Waals surface area (Å²) < 4.78 is 0. The minimum atomic E-state index is -0.0555. The molecule has 0 aliphatic carbocycles. The minimum absolute atomic E-state index is 0.0219. The number of amides is 1. The van der Waals surface area contributed by atoms with Gasteiger partial charge >= 0.3 is 0 Å². The molecule has 3 heterocycles. The van der Waals surface area contributed by atoms with Gasteiger partial charge in [0.15, 0.2) is 5.82 Å². The normalized spacial score (nSPS) is 13.6. The van der Waals surface area contributed by atoms with Gasteiger partial charge in [0.05, 0.1) is 18.8 Å². The molecular weight excluding hydrogens is 292 g/mol. The number of carbonyl (C=O) groups excluding carboxylic acids is 1. The monoisotopic (exact) mass is 312 g/mol. The van der Waals surface area contributed by atoms with Gasteiger partial charge in [-0.15, -0.1) is 0 Å². The Balaban J connectivity index is 2.06. The molecule has 2 aromatic heterocycles. The Morgan fingerprint density at radius 1 is 1.35 bits per heavy atom. The largest absolute Gasteiger partial charge is 0.362 e. The maximum absolute atomic E-state index is 11.9. The van der Waals surface area contributed by atoms with E-state index >= 15 is 0 Å². The molecule has 2 aromatic rings. The lowest BCUT2D eigenvalue weighted by atomic mass is 10.0. The smallest absolute Gasteiger partial charge is 0.236 e. The van der Waals surface area contributed by atoms with Crippen LogP contribution in [-0.2, 0) is 17.8 Å². The number of nitrogens with two attached hydrogens (primary N) is 1. The number of hydrogen-bond donors (Lipinski definition) is 1. The Morgan fingerprint density at radius 3 is 2.83 bits per heavy atom. The summed E-state index contributed by atoms with van der Waals surface area (Å²) in [6.45, 7) is 1.14. The third-order valence-electron chi connectivity index (χ3n) is 3.89. The molecule has 0 atom stereocenters. The molecule has 7 nitrogen and oxygen atoms in total. The number of fused-ring (bicyclic) bond motifs is 1. The van der Waals surface area contributed by atoms with Crippen LogP contribution in [0.5, 0.6) is 0 Å². The summed E-state index contributed by atoms with van der Waals surface area (Å²) in [7, 11) is 3.92. The third-order valence-corrected chi connectivity index (χ3v) is 3.89. The number of nitrogens with zero attached hydrogens (tertiary/aromatic N) is 5. The summed E-state index contributed by atoms with van der Waals surface area (Å²) >= 11 is 0. The van der Waals surface area contributed by atoms with E-state index in [1.807, 2.05) is 37.2 Å². The summed E-state index contributed by atoms with van der Waals surface area (Å²) in [5.74, 6) is 1.41. The first-order chi connectivity index (χ1) is 11.1. The fourth-order valence-electron chi connectivity index (χ4n) is 2.73. The molecule has 0 aromatic carbocycles. The van der Waals surface area contributed by atoms with Crippen molar-refractivity contribution in [3.05, 3.63) is 35.7 Å². The Labute approximate surface area is 135 Å². The van der Waals surface area contributed by atoms with Crippen LogP contribution in [0.25, 0.3) is 11.5 Å². The zero-order chi connectivity index (χ0) is 16.4. The molecule has 0 spiro atoms. The van der Waals surface area contributed by atoms with Crippen LogP contribution in [0.15, 0.2) is 24.4 Å². The van der Waals surface area contributed by atoms with Gasteiger partial charge < -0.3 is 15.5 Å². The molecule has 0 saturated heterocycles. The van der Waals surface area contributed by atoms with Crippen LogP contribution in [0.4, 0.5) is 5.82 Å². The number of carbonyl (C=O) groups is 1. The van der Waals surface area contributed by atoms with E-state index in [1.54, 1.807) is 11.1 Å². The van der Waals surface area contributed by atoms with Crippen LogP contribution >= 0.6 is 0 Å². The molecule has 0 fully saturated rings. The Bertz CT molecular complexity index is 716. The van der Waals surface area contributed by atoms with Crippen molar-refractivity contribution in [3.8, 4) is 11.5 Å². The van der Waals surface area contributed by atoms with Crippen molar-refractivity contribution in [2.24, 2.45) is 5.73 Å². The highest BCUT2D eigenvalue weighted by atomic mass is 16.2. The van der Waals surface area contributed by atoms with E-state index in [1.165, 1.54) is 0 Å². The molecule has 0 saturated carbocycles. The Morgan fingerprint density at radius 2 is 2.17 bits per heavy atom. The first-order valence-electron chi connectivity index (χ1n) is 7.56. The molecule has 23 heavy (non-hydrogen) atoms. The summed E-state index contributed by atoms with van der Waals surface area (Å²) in [4.78, 5) is 29.3. The number of hydrogen-bond acceptors (Lipinski definition) is 6. The van der Waals surface area contributed by atoms with Gasteiger partial charge in [0, 0.05) is 32.4 Å². The van der Waals surface area contributed by atoms with E-state index in [4.69, 9.17) is 5.73 Å². The van der Waals surface area contributed by atoms with E-state index < -0.39 is 0 Å². The standard InChI is InChI=1S/C16H20N6O/c1-21(2)16-11-6-8-22(14(23)9-17)10-13(11)19-15(20-16)12-5-3-4-7-18-12/h3-5,7H,6,8-10,17H2,1-2H3. The summed E-state index contributed by atoms with van der Waals surface area (Å²) in [6, 6.07) is 5.65. The lowest BCUT2D eigenvalue weighted by Crippen LogP contribution is -2.40. The average molecular weight is 312 g/mol. The average Bonchev–Trinajstić information content (AvgIpc) is 2.60. The molecular formula is C16H20N6O. The van der Waals surface area contributed by atoms with Crippen LogP contribution in [-0.4, -0.2) is 52.9 Å². The summed E-state index contributed by atoms with van der Waals surface area (Å²) in [6.07, 6.45) is 2.45. The van der Waals surface area contributed by atoms with Crippen molar-refractivity contribution in [1.82, 2.24) is 19.9 Å². The number of aromatic nitrogens is 3. The van der Waals surface area contributed by atoms with Crippen molar-refractivity contribution in [2.75, 3.05) is 32.1 Å². The molecule has 2 N–H and O–H groups in total. The Kier molecular flexibility index (Phi) is 4.20. The number of pyridine rings is 1. The summed E-state index contributed by atoms with van der Waals surface area (Å²) in [5.41, 5.74) is 8.17. The van der Waals surface area contributed by atoms with Crippen LogP contribution < -0.4 is 10.6 Å². The van der Waals surface area contributed by atoms with Gasteiger partial charge in [0.2, 0.25) is 5.91 Å². The second-order valence-electron chi connectivity index (χ2n) is 5.67. The molecule has 120 valence electrons. The highest BCUT2D eigenvalue weighted by Crippen LogP contribution is 2.27. The maximum Gasteiger partial charge on any atom is 0.236 e. The molecule has 7 heteroatoms.